The number of carbonyl (C=O) groups excluding carboxylic acids is 1. The van der Waals surface area contributed by atoms with Gasteiger partial charge in [-0.05, 0) is 62.3 Å². The normalized spacial score (nSPS) is 23.1. The molecule has 0 atom stereocenters. The molecular formula is C15H20ClNO2. The predicted octanol–water partition coefficient (Wildman–Crippen LogP) is 2.93. The Morgan fingerprint density at radius 3 is 2.68 bits per heavy atom. The number of benzene rings is 1. The molecule has 0 radical (unpaired) electrons. The maximum atomic E-state index is 12.0. The molecule has 1 saturated carbocycles. The fraction of sp³-hybridized carbons (Fsp3) is 0.533. The van der Waals surface area contributed by atoms with Crippen LogP contribution in [0.1, 0.15) is 41.6 Å². The lowest BCUT2D eigenvalue weighted by molar-refractivity contribution is 0.0910. The molecule has 1 fully saturated rings. The van der Waals surface area contributed by atoms with Gasteiger partial charge in [0, 0.05) is 17.1 Å². The van der Waals surface area contributed by atoms with Gasteiger partial charge in [0.05, 0.1) is 6.10 Å². The molecule has 19 heavy (non-hydrogen) atoms. The predicted molar refractivity (Wildman–Crippen MR) is 76.5 cm³/mol. The maximum Gasteiger partial charge on any atom is 0.251 e. The van der Waals surface area contributed by atoms with E-state index in [9.17, 15) is 9.90 Å². The number of hydrogen-bond acceptors (Lipinski definition) is 2. The number of aryl methyl sites for hydroxylation is 1. The second-order valence-electron chi connectivity index (χ2n) is 5.35. The summed E-state index contributed by atoms with van der Waals surface area (Å²) < 4.78 is 0. The smallest absolute Gasteiger partial charge is 0.251 e. The first kappa shape index (κ1) is 14.4. The number of nitrogens with one attached hydrogen (secondary N) is 1. The zero-order chi connectivity index (χ0) is 13.8. The van der Waals surface area contributed by atoms with Crippen molar-refractivity contribution in [2.45, 2.75) is 38.7 Å². The zero-order valence-electron chi connectivity index (χ0n) is 11.2. The third kappa shape index (κ3) is 3.95. The summed E-state index contributed by atoms with van der Waals surface area (Å²) in [6.07, 6.45) is 3.52. The maximum absolute atomic E-state index is 12.0. The fourth-order valence-corrected chi connectivity index (χ4v) is 2.59. The Kier molecular flexibility index (Phi) is 4.83. The van der Waals surface area contributed by atoms with Gasteiger partial charge >= 0.3 is 0 Å². The molecule has 0 heterocycles. The molecule has 0 bridgehead atoms. The second kappa shape index (κ2) is 6.40. The van der Waals surface area contributed by atoms with Crippen LogP contribution in [0.4, 0.5) is 0 Å². The topological polar surface area (TPSA) is 49.3 Å². The average Bonchev–Trinajstić information content (AvgIpc) is 2.41. The van der Waals surface area contributed by atoms with Crippen molar-refractivity contribution in [1.82, 2.24) is 5.32 Å². The summed E-state index contributed by atoms with van der Waals surface area (Å²) in [5, 5.41) is 13.1. The monoisotopic (exact) mass is 281 g/mol. The molecule has 0 aliphatic heterocycles. The number of aliphatic hydroxyl groups is 1. The Balaban J connectivity index is 1.85. The van der Waals surface area contributed by atoms with Crippen LogP contribution in [0, 0.1) is 12.8 Å². The molecule has 1 aromatic carbocycles. The third-order valence-corrected chi connectivity index (χ3v) is 4.21. The first-order chi connectivity index (χ1) is 9.06. The SMILES string of the molecule is Cc1cc(C(=O)NCC2CCC(O)CC2)ccc1Cl. The number of rotatable bonds is 3. The van der Waals surface area contributed by atoms with Crippen molar-refractivity contribution in [3.8, 4) is 0 Å². The Bertz CT molecular complexity index is 453. The molecule has 2 rings (SSSR count). The van der Waals surface area contributed by atoms with Gasteiger partial charge < -0.3 is 10.4 Å². The van der Waals surface area contributed by atoms with Crippen LogP contribution in [0.3, 0.4) is 0 Å². The lowest BCUT2D eigenvalue weighted by Crippen LogP contribution is -2.32. The number of halogens is 1. The Labute approximate surface area is 119 Å². The fourth-order valence-electron chi connectivity index (χ4n) is 2.47. The molecule has 1 aliphatic carbocycles. The lowest BCUT2D eigenvalue weighted by atomic mass is 9.87. The van der Waals surface area contributed by atoms with Crippen molar-refractivity contribution >= 4 is 17.5 Å². The van der Waals surface area contributed by atoms with Gasteiger partial charge in [-0.1, -0.05) is 11.6 Å². The molecule has 1 aliphatic rings. The van der Waals surface area contributed by atoms with Gasteiger partial charge in [-0.3, -0.25) is 4.79 Å². The summed E-state index contributed by atoms with van der Waals surface area (Å²) in [6, 6.07) is 5.31. The number of amides is 1. The van der Waals surface area contributed by atoms with Crippen molar-refractivity contribution in [1.29, 1.82) is 0 Å². The molecule has 1 aromatic rings. The Morgan fingerprint density at radius 2 is 2.05 bits per heavy atom. The summed E-state index contributed by atoms with van der Waals surface area (Å²) in [4.78, 5) is 12.0. The molecule has 0 unspecified atom stereocenters. The summed E-state index contributed by atoms with van der Waals surface area (Å²) in [5.74, 6) is 0.437. The van der Waals surface area contributed by atoms with Gasteiger partial charge in [-0.2, -0.15) is 0 Å². The lowest BCUT2D eigenvalue weighted by Gasteiger charge is -2.25. The summed E-state index contributed by atoms with van der Waals surface area (Å²) >= 11 is 5.94. The van der Waals surface area contributed by atoms with Crippen LogP contribution in [0.2, 0.25) is 5.02 Å². The Hall–Kier alpha value is -1.06. The minimum atomic E-state index is -0.147. The van der Waals surface area contributed by atoms with E-state index in [0.29, 0.717) is 23.0 Å². The molecule has 104 valence electrons. The van der Waals surface area contributed by atoms with Crippen molar-refractivity contribution < 1.29 is 9.90 Å². The van der Waals surface area contributed by atoms with Gasteiger partial charge in [0.15, 0.2) is 0 Å². The van der Waals surface area contributed by atoms with E-state index in [1.54, 1.807) is 12.1 Å². The van der Waals surface area contributed by atoms with Crippen LogP contribution in [0.5, 0.6) is 0 Å². The first-order valence-electron chi connectivity index (χ1n) is 6.78. The molecule has 0 spiro atoms. The van der Waals surface area contributed by atoms with Gasteiger partial charge in [0.25, 0.3) is 5.91 Å². The van der Waals surface area contributed by atoms with Crippen molar-refractivity contribution in [3.63, 3.8) is 0 Å². The summed E-state index contributed by atoms with van der Waals surface area (Å²) in [7, 11) is 0. The van der Waals surface area contributed by atoms with Crippen LogP contribution in [-0.2, 0) is 0 Å². The quantitative estimate of drug-likeness (QED) is 0.895. The van der Waals surface area contributed by atoms with E-state index in [-0.39, 0.29) is 12.0 Å². The van der Waals surface area contributed by atoms with E-state index >= 15 is 0 Å². The van der Waals surface area contributed by atoms with E-state index < -0.39 is 0 Å². The highest BCUT2D eigenvalue weighted by atomic mass is 35.5. The van der Waals surface area contributed by atoms with Gasteiger partial charge in [-0.25, -0.2) is 0 Å². The zero-order valence-corrected chi connectivity index (χ0v) is 11.9. The van der Waals surface area contributed by atoms with Crippen LogP contribution < -0.4 is 5.32 Å². The van der Waals surface area contributed by atoms with Crippen LogP contribution in [-0.4, -0.2) is 23.7 Å². The molecule has 2 N–H and O–H groups in total. The van der Waals surface area contributed by atoms with E-state index in [0.717, 1.165) is 31.2 Å². The van der Waals surface area contributed by atoms with Crippen molar-refractivity contribution in [2.24, 2.45) is 5.92 Å². The van der Waals surface area contributed by atoms with Crippen molar-refractivity contribution in [3.05, 3.63) is 34.3 Å². The van der Waals surface area contributed by atoms with Crippen molar-refractivity contribution in [2.75, 3.05) is 6.54 Å². The van der Waals surface area contributed by atoms with Gasteiger partial charge in [-0.15, -0.1) is 0 Å². The molecule has 0 aromatic heterocycles. The molecular weight excluding hydrogens is 262 g/mol. The average molecular weight is 282 g/mol. The van der Waals surface area contributed by atoms with E-state index in [1.165, 1.54) is 0 Å². The largest absolute Gasteiger partial charge is 0.393 e. The van der Waals surface area contributed by atoms with E-state index in [4.69, 9.17) is 11.6 Å². The first-order valence-corrected chi connectivity index (χ1v) is 7.16. The number of carbonyl (C=O) groups is 1. The third-order valence-electron chi connectivity index (χ3n) is 3.79. The van der Waals surface area contributed by atoms with Crippen LogP contribution in [0.15, 0.2) is 18.2 Å². The minimum absolute atomic E-state index is 0.0501. The van der Waals surface area contributed by atoms with E-state index in [2.05, 4.69) is 5.32 Å². The van der Waals surface area contributed by atoms with E-state index in [1.807, 2.05) is 13.0 Å². The molecule has 0 saturated heterocycles. The van der Waals surface area contributed by atoms with Crippen LogP contribution >= 0.6 is 11.6 Å². The standard InChI is InChI=1S/C15H20ClNO2/c1-10-8-12(4-7-14(10)16)15(19)17-9-11-2-5-13(18)6-3-11/h4,7-8,11,13,18H,2-3,5-6,9H2,1H3,(H,17,19). The minimum Gasteiger partial charge on any atom is -0.393 e. The highest BCUT2D eigenvalue weighted by molar-refractivity contribution is 6.31. The molecule has 3 nitrogen and oxygen atoms in total. The van der Waals surface area contributed by atoms with Gasteiger partial charge in [0.2, 0.25) is 0 Å². The summed E-state index contributed by atoms with van der Waals surface area (Å²) in [6.45, 7) is 2.58. The highest BCUT2D eigenvalue weighted by Gasteiger charge is 2.19. The number of hydrogen-bond donors (Lipinski definition) is 2. The molecule has 4 heteroatoms. The Morgan fingerprint density at radius 1 is 1.37 bits per heavy atom. The van der Waals surface area contributed by atoms with Crippen LogP contribution in [0.25, 0.3) is 0 Å². The molecule has 1 amide bonds. The highest BCUT2D eigenvalue weighted by Crippen LogP contribution is 2.23. The second-order valence-corrected chi connectivity index (χ2v) is 5.76. The van der Waals surface area contributed by atoms with Gasteiger partial charge in [0.1, 0.15) is 0 Å². The summed E-state index contributed by atoms with van der Waals surface area (Å²) in [5.41, 5.74) is 1.56. The number of aliphatic hydroxyl groups excluding tert-OH is 1.